The number of carbonyl (C=O) groups excluding carboxylic acids is 2. The zero-order valence-electron chi connectivity index (χ0n) is 19.0. The molecule has 0 spiro atoms. The summed E-state index contributed by atoms with van der Waals surface area (Å²) < 4.78 is 1.13. The first-order valence-corrected chi connectivity index (χ1v) is 12.5. The SMILES string of the molecule is O=C(Nc1cc([N+](=O)[O-])cc([N+](=O)[O-])c1)N[C@@H]1c2ccccc2C[C@@H]1NC(=O)c1cc2sc(Cl)c(Cl)c2[nH]1. The molecule has 0 radical (unpaired) electrons. The van der Waals surface area contributed by atoms with Gasteiger partial charge in [0.15, 0.2) is 0 Å². The third-order valence-corrected chi connectivity index (χ3v) is 7.97. The smallest absolute Gasteiger partial charge is 0.319 e. The van der Waals surface area contributed by atoms with Crippen LogP contribution in [0.5, 0.6) is 0 Å². The fourth-order valence-corrected chi connectivity index (χ4v) is 5.86. The molecule has 12 nitrogen and oxygen atoms in total. The van der Waals surface area contributed by atoms with Crippen LogP contribution in [0.25, 0.3) is 10.2 Å². The number of hydrogen-bond donors (Lipinski definition) is 4. The summed E-state index contributed by atoms with van der Waals surface area (Å²) in [5.41, 5.74) is 1.31. The van der Waals surface area contributed by atoms with Crippen molar-refractivity contribution in [3.8, 4) is 0 Å². The third kappa shape index (κ3) is 4.86. The van der Waals surface area contributed by atoms with Crippen LogP contribution in [0.2, 0.25) is 9.36 Å². The summed E-state index contributed by atoms with van der Waals surface area (Å²) in [5.74, 6) is -0.417. The first-order valence-electron chi connectivity index (χ1n) is 11.0. The van der Waals surface area contributed by atoms with Crippen molar-refractivity contribution in [1.29, 1.82) is 0 Å². The van der Waals surface area contributed by atoms with Crippen molar-refractivity contribution in [2.24, 2.45) is 0 Å². The maximum absolute atomic E-state index is 13.1. The Morgan fingerprint density at radius 2 is 1.68 bits per heavy atom. The van der Waals surface area contributed by atoms with Crippen LogP contribution in [0, 0.1) is 20.2 Å². The minimum absolute atomic E-state index is 0.128. The van der Waals surface area contributed by atoms with E-state index >= 15 is 0 Å². The van der Waals surface area contributed by atoms with E-state index in [0.29, 0.717) is 21.3 Å². The van der Waals surface area contributed by atoms with E-state index in [1.165, 1.54) is 11.3 Å². The van der Waals surface area contributed by atoms with Crippen molar-refractivity contribution < 1.29 is 19.4 Å². The van der Waals surface area contributed by atoms with Crippen molar-refractivity contribution in [1.82, 2.24) is 15.6 Å². The number of thiophene rings is 1. The highest BCUT2D eigenvalue weighted by molar-refractivity contribution is 7.23. The van der Waals surface area contributed by atoms with Gasteiger partial charge in [0.2, 0.25) is 0 Å². The molecule has 1 aliphatic carbocycles. The first-order chi connectivity index (χ1) is 18.1. The average molecular weight is 575 g/mol. The summed E-state index contributed by atoms with van der Waals surface area (Å²) in [6, 6.07) is 9.85. The number of nitro benzene ring substituents is 2. The number of carbonyl (C=O) groups is 2. The number of nitro groups is 2. The van der Waals surface area contributed by atoms with Crippen molar-refractivity contribution in [3.63, 3.8) is 0 Å². The number of aromatic nitrogens is 1. The molecule has 0 aliphatic heterocycles. The lowest BCUT2D eigenvalue weighted by Gasteiger charge is -2.23. The van der Waals surface area contributed by atoms with Crippen molar-refractivity contribution in [2.45, 2.75) is 18.5 Å². The Morgan fingerprint density at radius 3 is 2.34 bits per heavy atom. The molecule has 2 aromatic carbocycles. The number of amides is 3. The van der Waals surface area contributed by atoms with Gasteiger partial charge < -0.3 is 20.9 Å². The highest BCUT2D eigenvalue weighted by Gasteiger charge is 2.35. The lowest BCUT2D eigenvalue weighted by Crippen LogP contribution is -2.45. The number of aromatic amines is 1. The molecule has 0 saturated heterocycles. The normalized spacial score (nSPS) is 16.2. The molecule has 4 N–H and O–H groups in total. The number of fused-ring (bicyclic) bond motifs is 2. The molecule has 15 heteroatoms. The summed E-state index contributed by atoms with van der Waals surface area (Å²) in [5, 5.41) is 30.8. The summed E-state index contributed by atoms with van der Waals surface area (Å²) in [6.45, 7) is 0. The minimum atomic E-state index is -0.791. The lowest BCUT2D eigenvalue weighted by atomic mass is 10.1. The van der Waals surface area contributed by atoms with E-state index in [1.807, 2.05) is 18.2 Å². The standard InChI is InChI=1S/C23H16Cl2N6O6S/c24-18-20-17(38-21(18)25)9-16(27-20)22(32)28-15-5-10-3-1-2-4-14(10)19(15)29-23(33)26-11-6-12(30(34)35)8-13(7-11)31(36)37/h1-4,6-9,15,19,27H,5H2,(H,28,32)(H2,26,29,33)/t15-,19+/m0/s1. The topological polar surface area (TPSA) is 172 Å². The van der Waals surface area contributed by atoms with E-state index in [9.17, 15) is 29.8 Å². The van der Waals surface area contributed by atoms with Crippen molar-refractivity contribution in [3.05, 3.63) is 94.9 Å². The van der Waals surface area contributed by atoms with Gasteiger partial charge in [-0.15, -0.1) is 11.3 Å². The molecule has 5 rings (SSSR count). The van der Waals surface area contributed by atoms with Crippen LogP contribution < -0.4 is 16.0 Å². The molecule has 2 aromatic heterocycles. The van der Waals surface area contributed by atoms with E-state index in [2.05, 4.69) is 20.9 Å². The number of H-pyrrole nitrogens is 1. The number of anilines is 1. The van der Waals surface area contributed by atoms with Crippen LogP contribution in [0.15, 0.2) is 48.5 Å². The highest BCUT2D eigenvalue weighted by Crippen LogP contribution is 2.39. The lowest BCUT2D eigenvalue weighted by molar-refractivity contribution is -0.394. The Bertz CT molecular complexity index is 1600. The minimum Gasteiger partial charge on any atom is -0.349 e. The maximum Gasteiger partial charge on any atom is 0.319 e. The molecule has 0 fully saturated rings. The van der Waals surface area contributed by atoms with E-state index in [0.717, 1.165) is 34.0 Å². The predicted octanol–water partition coefficient (Wildman–Crippen LogP) is 5.57. The Balaban J connectivity index is 1.36. The number of benzene rings is 2. The monoisotopic (exact) mass is 574 g/mol. The van der Waals surface area contributed by atoms with Crippen LogP contribution in [-0.4, -0.2) is 32.8 Å². The van der Waals surface area contributed by atoms with E-state index in [-0.39, 0.29) is 11.4 Å². The molecule has 0 saturated carbocycles. The molecule has 3 amide bonds. The van der Waals surface area contributed by atoms with E-state index in [4.69, 9.17) is 23.2 Å². The van der Waals surface area contributed by atoms with Crippen molar-refractivity contribution >= 4 is 73.8 Å². The zero-order valence-corrected chi connectivity index (χ0v) is 21.3. The average Bonchev–Trinajstić information content (AvgIpc) is 3.52. The fraction of sp³-hybridized carbons (Fsp3) is 0.130. The van der Waals surface area contributed by atoms with Crippen LogP contribution in [-0.2, 0) is 6.42 Å². The van der Waals surface area contributed by atoms with Gasteiger partial charge >= 0.3 is 6.03 Å². The number of hydrogen-bond acceptors (Lipinski definition) is 7. The Hall–Kier alpha value is -4.20. The largest absolute Gasteiger partial charge is 0.349 e. The van der Waals surface area contributed by atoms with Crippen molar-refractivity contribution in [2.75, 3.05) is 5.32 Å². The second-order valence-corrected chi connectivity index (χ2v) is 10.5. The number of rotatable bonds is 6. The van der Waals surface area contributed by atoms with Gasteiger partial charge in [-0.25, -0.2) is 4.79 Å². The summed E-state index contributed by atoms with van der Waals surface area (Å²) in [4.78, 5) is 49.7. The number of nitrogens with one attached hydrogen (secondary N) is 4. The zero-order chi connectivity index (χ0) is 27.1. The van der Waals surface area contributed by atoms with Crippen LogP contribution >= 0.6 is 34.5 Å². The molecule has 0 bridgehead atoms. The Morgan fingerprint density at radius 1 is 1.00 bits per heavy atom. The van der Waals surface area contributed by atoms with Gasteiger partial charge in [0.05, 0.1) is 48.9 Å². The van der Waals surface area contributed by atoms with Gasteiger partial charge in [0.1, 0.15) is 10.0 Å². The predicted molar refractivity (Wildman–Crippen MR) is 142 cm³/mol. The van der Waals surface area contributed by atoms with Crippen LogP contribution in [0.4, 0.5) is 21.9 Å². The second kappa shape index (κ2) is 9.93. The molecule has 1 aliphatic rings. The number of non-ortho nitro benzene ring substituents is 2. The maximum atomic E-state index is 13.1. The third-order valence-electron chi connectivity index (χ3n) is 6.04. The summed E-state index contributed by atoms with van der Waals surface area (Å²) in [7, 11) is 0. The highest BCUT2D eigenvalue weighted by atomic mass is 35.5. The molecule has 38 heavy (non-hydrogen) atoms. The Kier molecular flexibility index (Phi) is 6.65. The molecule has 194 valence electrons. The van der Waals surface area contributed by atoms with Crippen LogP contribution in [0.1, 0.15) is 27.7 Å². The van der Waals surface area contributed by atoms with Gasteiger partial charge in [0.25, 0.3) is 17.3 Å². The molecule has 2 atom stereocenters. The Labute approximate surface area is 227 Å². The van der Waals surface area contributed by atoms with Gasteiger partial charge in [-0.3, -0.25) is 25.0 Å². The van der Waals surface area contributed by atoms with Gasteiger partial charge in [-0.05, 0) is 23.6 Å². The molecule has 2 heterocycles. The molecule has 0 unspecified atom stereocenters. The van der Waals surface area contributed by atoms with Crippen LogP contribution in [0.3, 0.4) is 0 Å². The summed E-state index contributed by atoms with van der Waals surface area (Å²) in [6.07, 6.45) is 0.427. The van der Waals surface area contributed by atoms with Gasteiger partial charge in [-0.1, -0.05) is 47.5 Å². The van der Waals surface area contributed by atoms with Gasteiger partial charge in [0, 0.05) is 12.1 Å². The fourth-order valence-electron chi connectivity index (χ4n) is 4.38. The van der Waals surface area contributed by atoms with E-state index in [1.54, 1.807) is 12.1 Å². The molecular weight excluding hydrogens is 559 g/mol. The van der Waals surface area contributed by atoms with E-state index < -0.39 is 45.2 Å². The molecular formula is C23H16Cl2N6O6S. The number of halogens is 2. The number of nitrogens with zero attached hydrogens (tertiary/aromatic N) is 2. The number of urea groups is 1. The molecule has 4 aromatic rings. The van der Waals surface area contributed by atoms with Gasteiger partial charge in [-0.2, -0.15) is 0 Å². The first kappa shape index (κ1) is 25.4. The summed E-state index contributed by atoms with van der Waals surface area (Å²) >= 11 is 13.5. The second-order valence-electron chi connectivity index (χ2n) is 8.42. The quantitative estimate of drug-likeness (QED) is 0.173.